The Morgan fingerprint density at radius 2 is 1.86 bits per heavy atom. The number of nitrogens with one attached hydrogen (secondary N) is 1. The van der Waals surface area contributed by atoms with Gasteiger partial charge in [0.1, 0.15) is 11.6 Å². The van der Waals surface area contributed by atoms with Gasteiger partial charge in [0.15, 0.2) is 0 Å². The Kier molecular flexibility index (Phi) is 3.75. The van der Waals surface area contributed by atoms with Gasteiger partial charge in [-0.05, 0) is 18.2 Å². The lowest BCUT2D eigenvalue weighted by molar-refractivity contribution is -0.145. The lowest BCUT2D eigenvalue weighted by Gasteiger charge is -2.33. The number of hydrogen-bond donors (Lipinski definition) is 1. The molecule has 2 aromatic rings. The van der Waals surface area contributed by atoms with Crippen LogP contribution in [0.4, 0.5) is 14.6 Å². The van der Waals surface area contributed by atoms with Crippen molar-refractivity contribution in [3.8, 4) is 11.6 Å². The number of alkyl halides is 2. The fraction of sp³-hybridized carbons (Fsp3) is 0.250. The van der Waals surface area contributed by atoms with Crippen LogP contribution in [0.3, 0.4) is 0 Å². The molecule has 1 fully saturated rings. The van der Waals surface area contributed by atoms with E-state index < -0.39 is 30.6 Å². The first-order chi connectivity index (χ1) is 10.5. The largest absolute Gasteiger partial charge is 0.439 e. The van der Waals surface area contributed by atoms with Crippen LogP contribution in [0, 0.1) is 5.92 Å². The number of carbonyl (C=O) groups is 1. The topological polar surface area (TPSA) is 51.2 Å². The average molecular weight is 304 g/mol. The normalized spacial score (nSPS) is 16.6. The van der Waals surface area contributed by atoms with Crippen LogP contribution in [0.25, 0.3) is 0 Å². The summed E-state index contributed by atoms with van der Waals surface area (Å²) in [5.41, 5.74) is 0. The number of para-hydroxylation sites is 1. The van der Waals surface area contributed by atoms with Gasteiger partial charge in [0, 0.05) is 24.8 Å². The van der Waals surface area contributed by atoms with Crippen molar-refractivity contribution in [3.05, 3.63) is 48.5 Å². The number of amides is 1. The fourth-order valence-electron chi connectivity index (χ4n) is 2.23. The van der Waals surface area contributed by atoms with Crippen LogP contribution in [0.2, 0.25) is 0 Å². The van der Waals surface area contributed by atoms with Crippen molar-refractivity contribution in [2.45, 2.75) is 18.8 Å². The molecule has 0 atom stereocenters. The first-order valence-corrected chi connectivity index (χ1v) is 6.90. The van der Waals surface area contributed by atoms with E-state index in [-0.39, 0.29) is 5.82 Å². The van der Waals surface area contributed by atoms with Crippen LogP contribution in [-0.4, -0.2) is 16.8 Å². The molecule has 1 amide bonds. The standard InChI is InChI=1S/C16H14F2N2O2/c17-16(18)9-11(10-16)15(21)20-13-7-4-8-14(19-13)22-12-5-2-1-3-6-12/h1-8,11H,9-10H2,(H,19,20,21). The first kappa shape index (κ1) is 14.4. The molecule has 1 saturated carbocycles. The molecule has 1 heterocycles. The van der Waals surface area contributed by atoms with E-state index in [2.05, 4.69) is 10.3 Å². The number of carbonyl (C=O) groups excluding carboxylic acids is 1. The minimum Gasteiger partial charge on any atom is -0.439 e. The maximum Gasteiger partial charge on any atom is 0.249 e. The van der Waals surface area contributed by atoms with Crippen molar-refractivity contribution in [2.75, 3.05) is 5.32 Å². The third kappa shape index (κ3) is 3.39. The second-order valence-electron chi connectivity index (χ2n) is 5.23. The highest BCUT2D eigenvalue weighted by Crippen LogP contribution is 2.42. The van der Waals surface area contributed by atoms with Crippen molar-refractivity contribution in [1.29, 1.82) is 0 Å². The summed E-state index contributed by atoms with van der Waals surface area (Å²) in [5.74, 6) is -2.58. The van der Waals surface area contributed by atoms with Crippen molar-refractivity contribution >= 4 is 11.7 Å². The van der Waals surface area contributed by atoms with E-state index >= 15 is 0 Å². The maximum absolute atomic E-state index is 12.8. The van der Waals surface area contributed by atoms with Crippen LogP contribution < -0.4 is 10.1 Å². The molecule has 0 unspecified atom stereocenters. The number of anilines is 1. The lowest BCUT2D eigenvalue weighted by atomic mass is 9.81. The van der Waals surface area contributed by atoms with Crippen molar-refractivity contribution in [2.24, 2.45) is 5.92 Å². The Morgan fingerprint density at radius 1 is 1.14 bits per heavy atom. The number of halogens is 2. The molecule has 0 aliphatic heterocycles. The van der Waals surface area contributed by atoms with Gasteiger partial charge in [0.05, 0.1) is 0 Å². The summed E-state index contributed by atoms with van der Waals surface area (Å²) in [4.78, 5) is 16.0. The quantitative estimate of drug-likeness (QED) is 0.933. The molecule has 1 aromatic heterocycles. The van der Waals surface area contributed by atoms with E-state index in [4.69, 9.17) is 4.74 Å². The average Bonchev–Trinajstić information content (AvgIpc) is 2.46. The summed E-state index contributed by atoms with van der Waals surface area (Å²) in [5, 5.41) is 2.54. The van der Waals surface area contributed by atoms with Crippen LogP contribution >= 0.6 is 0 Å². The highest BCUT2D eigenvalue weighted by atomic mass is 19.3. The summed E-state index contributed by atoms with van der Waals surface area (Å²) < 4.78 is 31.1. The molecular formula is C16H14F2N2O2. The number of rotatable bonds is 4. The van der Waals surface area contributed by atoms with Gasteiger partial charge < -0.3 is 10.1 Å². The van der Waals surface area contributed by atoms with Crippen LogP contribution in [0.1, 0.15) is 12.8 Å². The number of ether oxygens (including phenoxy) is 1. The van der Waals surface area contributed by atoms with Gasteiger partial charge in [-0.15, -0.1) is 0 Å². The molecule has 0 bridgehead atoms. The van der Waals surface area contributed by atoms with Crippen molar-refractivity contribution in [1.82, 2.24) is 4.98 Å². The molecular weight excluding hydrogens is 290 g/mol. The Labute approximate surface area is 126 Å². The van der Waals surface area contributed by atoms with Crippen LogP contribution in [-0.2, 0) is 4.79 Å². The predicted octanol–water partition coefficient (Wildman–Crippen LogP) is 3.86. The van der Waals surface area contributed by atoms with Gasteiger partial charge in [0.2, 0.25) is 17.7 Å². The SMILES string of the molecule is O=C(Nc1cccc(Oc2ccccc2)n1)C1CC(F)(F)C1. The molecule has 1 N–H and O–H groups in total. The molecule has 1 aliphatic rings. The van der Waals surface area contributed by atoms with E-state index in [1.807, 2.05) is 18.2 Å². The number of hydrogen-bond acceptors (Lipinski definition) is 3. The lowest BCUT2D eigenvalue weighted by Crippen LogP contribution is -2.42. The summed E-state index contributed by atoms with van der Waals surface area (Å²) in [6, 6.07) is 14.0. The molecule has 0 spiro atoms. The highest BCUT2D eigenvalue weighted by molar-refractivity contribution is 5.92. The van der Waals surface area contributed by atoms with Crippen molar-refractivity contribution < 1.29 is 18.3 Å². The number of pyridine rings is 1. The maximum atomic E-state index is 12.8. The van der Waals surface area contributed by atoms with E-state index in [0.29, 0.717) is 11.6 Å². The van der Waals surface area contributed by atoms with Gasteiger partial charge in [-0.3, -0.25) is 4.79 Å². The number of aromatic nitrogens is 1. The minimum absolute atomic E-state index is 0.286. The molecule has 1 aliphatic carbocycles. The van der Waals surface area contributed by atoms with Crippen LogP contribution in [0.5, 0.6) is 11.6 Å². The zero-order valence-electron chi connectivity index (χ0n) is 11.6. The number of benzene rings is 1. The molecule has 1 aromatic carbocycles. The van der Waals surface area contributed by atoms with Gasteiger partial charge in [-0.2, -0.15) is 4.98 Å². The van der Waals surface area contributed by atoms with Gasteiger partial charge in [-0.25, -0.2) is 8.78 Å². The molecule has 3 rings (SSSR count). The minimum atomic E-state index is -2.71. The van der Waals surface area contributed by atoms with E-state index in [0.717, 1.165) is 0 Å². The zero-order valence-corrected chi connectivity index (χ0v) is 11.6. The highest BCUT2D eigenvalue weighted by Gasteiger charge is 2.48. The second kappa shape index (κ2) is 5.71. The Morgan fingerprint density at radius 3 is 2.55 bits per heavy atom. The summed E-state index contributed by atoms with van der Waals surface area (Å²) in [6.07, 6.45) is -0.807. The second-order valence-corrected chi connectivity index (χ2v) is 5.23. The third-order valence-electron chi connectivity index (χ3n) is 3.40. The fourth-order valence-corrected chi connectivity index (χ4v) is 2.23. The predicted molar refractivity (Wildman–Crippen MR) is 77.1 cm³/mol. The smallest absolute Gasteiger partial charge is 0.249 e. The molecule has 0 saturated heterocycles. The van der Waals surface area contributed by atoms with Crippen LogP contribution in [0.15, 0.2) is 48.5 Å². The molecule has 0 radical (unpaired) electrons. The van der Waals surface area contributed by atoms with E-state index in [9.17, 15) is 13.6 Å². The van der Waals surface area contributed by atoms with Gasteiger partial charge in [-0.1, -0.05) is 24.3 Å². The molecule has 6 heteroatoms. The summed E-state index contributed by atoms with van der Waals surface area (Å²) >= 11 is 0. The summed E-state index contributed by atoms with van der Waals surface area (Å²) in [7, 11) is 0. The van der Waals surface area contributed by atoms with E-state index in [1.165, 1.54) is 0 Å². The Bertz CT molecular complexity index is 669. The summed E-state index contributed by atoms with van der Waals surface area (Å²) in [6.45, 7) is 0. The van der Waals surface area contributed by atoms with Gasteiger partial charge in [0.25, 0.3) is 0 Å². The molecule has 22 heavy (non-hydrogen) atoms. The van der Waals surface area contributed by atoms with E-state index in [1.54, 1.807) is 30.3 Å². The number of nitrogens with zero attached hydrogens (tertiary/aromatic N) is 1. The Balaban J connectivity index is 1.63. The molecule has 114 valence electrons. The zero-order chi connectivity index (χ0) is 15.6. The molecule has 4 nitrogen and oxygen atoms in total. The first-order valence-electron chi connectivity index (χ1n) is 6.90. The monoisotopic (exact) mass is 304 g/mol. The third-order valence-corrected chi connectivity index (χ3v) is 3.40. The Hall–Kier alpha value is -2.50. The van der Waals surface area contributed by atoms with Gasteiger partial charge >= 0.3 is 0 Å². The van der Waals surface area contributed by atoms with Crippen molar-refractivity contribution in [3.63, 3.8) is 0 Å².